The van der Waals surface area contributed by atoms with Crippen molar-refractivity contribution in [3.8, 4) is 5.69 Å². The zero-order valence-electron chi connectivity index (χ0n) is 13.3. The van der Waals surface area contributed by atoms with Gasteiger partial charge in [-0.2, -0.15) is 18.3 Å². The second-order valence-electron chi connectivity index (χ2n) is 6.03. The molecule has 2 aromatic heterocycles. The monoisotopic (exact) mass is 362 g/mol. The molecule has 6 nitrogen and oxygen atoms in total. The number of nitrogens with one attached hydrogen (secondary N) is 1. The highest BCUT2D eigenvalue weighted by atomic mass is 19.4. The molecule has 1 aliphatic rings. The van der Waals surface area contributed by atoms with Crippen LogP contribution < -0.4 is 5.32 Å². The number of hydrogen-bond acceptors (Lipinski definition) is 4. The van der Waals surface area contributed by atoms with Crippen molar-refractivity contribution in [2.75, 3.05) is 5.32 Å². The molecule has 1 aliphatic carbocycles. The number of nitrogens with zero attached hydrogens (tertiary/aromatic N) is 3. The van der Waals surface area contributed by atoms with Crippen LogP contribution in [0.3, 0.4) is 0 Å². The minimum atomic E-state index is -4.49. The lowest BCUT2D eigenvalue weighted by Gasteiger charge is -2.06. The highest BCUT2D eigenvalue weighted by Crippen LogP contribution is 2.39. The van der Waals surface area contributed by atoms with Gasteiger partial charge in [0, 0.05) is 23.9 Å². The van der Waals surface area contributed by atoms with Gasteiger partial charge in [-0.25, -0.2) is 4.68 Å². The molecule has 3 aromatic rings. The van der Waals surface area contributed by atoms with E-state index in [0.717, 1.165) is 29.3 Å². The number of rotatable bonds is 4. The maximum atomic E-state index is 12.6. The van der Waals surface area contributed by atoms with Crippen LogP contribution in [0.1, 0.15) is 40.7 Å². The Bertz CT molecular complexity index is 940. The number of halogens is 3. The first-order valence-corrected chi connectivity index (χ1v) is 7.91. The van der Waals surface area contributed by atoms with Gasteiger partial charge in [0.2, 0.25) is 5.76 Å². The summed E-state index contributed by atoms with van der Waals surface area (Å²) in [6, 6.07) is 8.78. The third-order valence-electron chi connectivity index (χ3n) is 4.02. The third kappa shape index (κ3) is 3.32. The molecular weight excluding hydrogens is 349 g/mol. The van der Waals surface area contributed by atoms with Crippen molar-refractivity contribution in [3.63, 3.8) is 0 Å². The first kappa shape index (κ1) is 16.4. The van der Waals surface area contributed by atoms with Crippen LogP contribution in [0.4, 0.5) is 18.9 Å². The van der Waals surface area contributed by atoms with E-state index in [1.807, 2.05) is 0 Å². The number of hydrogen-bond donors (Lipinski definition) is 1. The lowest BCUT2D eigenvalue weighted by molar-refractivity contribution is -0.141. The van der Waals surface area contributed by atoms with Crippen LogP contribution in [-0.2, 0) is 6.18 Å². The minimum absolute atomic E-state index is 0.123. The largest absolute Gasteiger partial charge is 0.435 e. The fraction of sp³-hybridized carbons (Fsp3) is 0.235. The molecule has 1 aromatic carbocycles. The van der Waals surface area contributed by atoms with E-state index < -0.39 is 17.8 Å². The smallest absolute Gasteiger partial charge is 0.351 e. The Morgan fingerprint density at radius 3 is 2.54 bits per heavy atom. The molecule has 1 saturated carbocycles. The van der Waals surface area contributed by atoms with Crippen molar-refractivity contribution in [2.45, 2.75) is 24.9 Å². The van der Waals surface area contributed by atoms with Crippen molar-refractivity contribution in [3.05, 3.63) is 59.7 Å². The van der Waals surface area contributed by atoms with Crippen LogP contribution in [0, 0.1) is 0 Å². The molecule has 26 heavy (non-hydrogen) atoms. The van der Waals surface area contributed by atoms with E-state index in [-0.39, 0.29) is 5.76 Å². The maximum Gasteiger partial charge on any atom is 0.435 e. The van der Waals surface area contributed by atoms with Gasteiger partial charge >= 0.3 is 6.18 Å². The molecular formula is C17H13F3N4O2. The van der Waals surface area contributed by atoms with Gasteiger partial charge in [-0.3, -0.25) is 4.79 Å². The van der Waals surface area contributed by atoms with Crippen LogP contribution in [0.15, 0.2) is 47.1 Å². The third-order valence-corrected chi connectivity index (χ3v) is 4.02. The number of carbonyl (C=O) groups is 1. The number of aromatic nitrogens is 3. The summed E-state index contributed by atoms with van der Waals surface area (Å²) < 4.78 is 44.0. The molecule has 0 atom stereocenters. The Hall–Kier alpha value is -3.10. The highest BCUT2D eigenvalue weighted by Gasteiger charge is 2.33. The second kappa shape index (κ2) is 6.01. The molecule has 0 spiro atoms. The molecule has 0 saturated heterocycles. The van der Waals surface area contributed by atoms with Crippen LogP contribution in [-0.4, -0.2) is 20.8 Å². The van der Waals surface area contributed by atoms with E-state index in [0.29, 0.717) is 17.3 Å². The normalized spacial score (nSPS) is 14.4. The number of anilines is 1. The average Bonchev–Trinajstić information content (AvgIpc) is 3.12. The Labute approximate surface area is 145 Å². The van der Waals surface area contributed by atoms with E-state index in [2.05, 4.69) is 15.6 Å². The molecule has 1 amide bonds. The summed E-state index contributed by atoms with van der Waals surface area (Å²) in [6.07, 6.45) is -1.16. The van der Waals surface area contributed by atoms with Crippen LogP contribution in [0.2, 0.25) is 0 Å². The lowest BCUT2D eigenvalue weighted by Crippen LogP contribution is -2.11. The maximum absolute atomic E-state index is 12.6. The fourth-order valence-corrected chi connectivity index (χ4v) is 2.48. The van der Waals surface area contributed by atoms with Gasteiger partial charge in [-0.15, -0.1) is 0 Å². The van der Waals surface area contributed by atoms with Crippen molar-refractivity contribution in [1.82, 2.24) is 14.9 Å². The molecule has 1 fully saturated rings. The standard InChI is InChI=1S/C17H13F3N4O2/c18-17(19,20)15-7-8-24(22-15)12-5-3-11(4-6-12)21-16(25)14-9-13(23-26-14)10-1-2-10/h3-10H,1-2H2,(H,21,25). The number of alkyl halides is 3. The molecule has 0 radical (unpaired) electrons. The predicted octanol–water partition coefficient (Wildman–Crippen LogP) is 4.01. The molecule has 0 unspecified atom stereocenters. The van der Waals surface area contributed by atoms with Crippen molar-refractivity contribution in [1.29, 1.82) is 0 Å². The molecule has 2 heterocycles. The number of amides is 1. The first-order chi connectivity index (χ1) is 12.4. The summed E-state index contributed by atoms with van der Waals surface area (Å²) in [7, 11) is 0. The number of carbonyl (C=O) groups excluding carboxylic acids is 1. The van der Waals surface area contributed by atoms with Crippen molar-refractivity contribution < 1.29 is 22.5 Å². The van der Waals surface area contributed by atoms with Gasteiger partial charge in [0.25, 0.3) is 5.91 Å². The number of benzene rings is 1. The van der Waals surface area contributed by atoms with E-state index in [4.69, 9.17) is 4.52 Å². The zero-order chi connectivity index (χ0) is 18.3. The molecule has 0 bridgehead atoms. The molecule has 9 heteroatoms. The lowest BCUT2D eigenvalue weighted by atomic mass is 10.2. The Kier molecular flexibility index (Phi) is 3.78. The fourth-order valence-electron chi connectivity index (χ4n) is 2.48. The van der Waals surface area contributed by atoms with E-state index >= 15 is 0 Å². The minimum Gasteiger partial charge on any atom is -0.351 e. The van der Waals surface area contributed by atoms with E-state index in [9.17, 15) is 18.0 Å². The Morgan fingerprint density at radius 1 is 1.19 bits per heavy atom. The van der Waals surface area contributed by atoms with Gasteiger partial charge in [0.15, 0.2) is 5.69 Å². The van der Waals surface area contributed by atoms with Crippen LogP contribution in [0.5, 0.6) is 0 Å². The summed E-state index contributed by atoms with van der Waals surface area (Å²) in [4.78, 5) is 12.2. The summed E-state index contributed by atoms with van der Waals surface area (Å²) in [5, 5.41) is 10.0. The van der Waals surface area contributed by atoms with Gasteiger partial charge in [0.1, 0.15) is 0 Å². The van der Waals surface area contributed by atoms with Gasteiger partial charge in [-0.1, -0.05) is 5.16 Å². The van der Waals surface area contributed by atoms with Gasteiger partial charge in [-0.05, 0) is 43.2 Å². The van der Waals surface area contributed by atoms with E-state index in [1.165, 1.54) is 6.20 Å². The van der Waals surface area contributed by atoms with Crippen molar-refractivity contribution in [2.24, 2.45) is 0 Å². The predicted molar refractivity (Wildman–Crippen MR) is 85.0 cm³/mol. The zero-order valence-corrected chi connectivity index (χ0v) is 13.3. The summed E-state index contributed by atoms with van der Waals surface area (Å²) in [5.41, 5.74) is 0.733. The SMILES string of the molecule is O=C(Nc1ccc(-n2ccc(C(F)(F)F)n2)cc1)c1cc(C2CC2)no1. The van der Waals surface area contributed by atoms with Crippen molar-refractivity contribution >= 4 is 11.6 Å². The second-order valence-corrected chi connectivity index (χ2v) is 6.03. The molecule has 134 valence electrons. The Balaban J connectivity index is 1.45. The van der Waals surface area contributed by atoms with Crippen LogP contribution in [0.25, 0.3) is 5.69 Å². The first-order valence-electron chi connectivity index (χ1n) is 7.91. The van der Waals surface area contributed by atoms with Gasteiger partial charge in [0.05, 0.1) is 11.4 Å². The van der Waals surface area contributed by atoms with Crippen LogP contribution >= 0.6 is 0 Å². The topological polar surface area (TPSA) is 73.0 Å². The molecule has 1 N–H and O–H groups in total. The summed E-state index contributed by atoms with van der Waals surface area (Å²) >= 11 is 0. The average molecular weight is 362 g/mol. The van der Waals surface area contributed by atoms with E-state index in [1.54, 1.807) is 30.3 Å². The quantitative estimate of drug-likeness (QED) is 0.761. The highest BCUT2D eigenvalue weighted by molar-refractivity contribution is 6.02. The Morgan fingerprint density at radius 2 is 1.92 bits per heavy atom. The summed E-state index contributed by atoms with van der Waals surface area (Å²) in [6.45, 7) is 0. The molecule has 4 rings (SSSR count). The van der Waals surface area contributed by atoms with Gasteiger partial charge < -0.3 is 9.84 Å². The molecule has 0 aliphatic heterocycles. The summed E-state index contributed by atoms with van der Waals surface area (Å²) in [5.74, 6) is 0.0729.